The highest BCUT2D eigenvalue weighted by atomic mass is 79.9. The fraction of sp³-hybridized carbons (Fsp3) is 0.467. The SMILES string of the molecule is C/C(=C/CCNC1CC1)Cc1cccc(F)c1Br. The van der Waals surface area contributed by atoms with E-state index in [4.69, 9.17) is 0 Å². The number of hydrogen-bond donors (Lipinski definition) is 1. The predicted octanol–water partition coefficient (Wildman–Crippen LogP) is 4.22. The third-order valence-electron chi connectivity index (χ3n) is 3.15. The highest BCUT2D eigenvalue weighted by Gasteiger charge is 2.19. The second-order valence-electron chi connectivity index (χ2n) is 4.96. The minimum absolute atomic E-state index is 0.185. The average Bonchev–Trinajstić information content (AvgIpc) is 3.15. The summed E-state index contributed by atoms with van der Waals surface area (Å²) in [4.78, 5) is 0. The van der Waals surface area contributed by atoms with Gasteiger partial charge in [-0.3, -0.25) is 0 Å². The molecule has 0 heterocycles. The molecule has 0 aromatic heterocycles. The Morgan fingerprint density at radius 1 is 1.50 bits per heavy atom. The van der Waals surface area contributed by atoms with Gasteiger partial charge >= 0.3 is 0 Å². The second-order valence-corrected chi connectivity index (χ2v) is 5.75. The Hall–Kier alpha value is -0.670. The van der Waals surface area contributed by atoms with Gasteiger partial charge in [-0.05, 0) is 66.7 Å². The summed E-state index contributed by atoms with van der Waals surface area (Å²) >= 11 is 3.30. The van der Waals surface area contributed by atoms with Crippen LogP contribution in [-0.2, 0) is 6.42 Å². The molecule has 1 saturated carbocycles. The lowest BCUT2D eigenvalue weighted by Gasteiger charge is -2.06. The molecule has 0 aliphatic heterocycles. The van der Waals surface area contributed by atoms with Gasteiger partial charge in [-0.15, -0.1) is 0 Å². The Morgan fingerprint density at radius 2 is 2.28 bits per heavy atom. The summed E-state index contributed by atoms with van der Waals surface area (Å²) in [5.41, 5.74) is 2.30. The molecule has 1 aromatic carbocycles. The smallest absolute Gasteiger partial charge is 0.137 e. The van der Waals surface area contributed by atoms with Crippen molar-refractivity contribution in [1.82, 2.24) is 5.32 Å². The fourth-order valence-electron chi connectivity index (χ4n) is 1.95. The zero-order valence-electron chi connectivity index (χ0n) is 10.7. The molecule has 0 amide bonds. The Bertz CT molecular complexity index is 438. The maximum atomic E-state index is 13.4. The van der Waals surface area contributed by atoms with Gasteiger partial charge in [0.15, 0.2) is 0 Å². The van der Waals surface area contributed by atoms with Crippen LogP contribution in [0.2, 0.25) is 0 Å². The Balaban J connectivity index is 1.83. The monoisotopic (exact) mass is 311 g/mol. The van der Waals surface area contributed by atoms with Crippen LogP contribution >= 0.6 is 15.9 Å². The van der Waals surface area contributed by atoms with E-state index in [1.807, 2.05) is 6.07 Å². The molecule has 2 rings (SSSR count). The largest absolute Gasteiger partial charge is 0.314 e. The van der Waals surface area contributed by atoms with E-state index in [2.05, 4.69) is 34.2 Å². The normalized spacial score (nSPS) is 16.1. The quantitative estimate of drug-likeness (QED) is 0.612. The van der Waals surface area contributed by atoms with Crippen molar-refractivity contribution in [2.75, 3.05) is 6.54 Å². The maximum Gasteiger partial charge on any atom is 0.137 e. The lowest BCUT2D eigenvalue weighted by molar-refractivity contribution is 0.618. The molecule has 0 unspecified atom stereocenters. The fourth-order valence-corrected chi connectivity index (χ4v) is 2.36. The highest BCUT2D eigenvalue weighted by Crippen LogP contribution is 2.23. The van der Waals surface area contributed by atoms with Crippen LogP contribution in [0.15, 0.2) is 34.3 Å². The third-order valence-corrected chi connectivity index (χ3v) is 4.04. The molecule has 0 spiro atoms. The Kier molecular flexibility index (Phi) is 4.95. The van der Waals surface area contributed by atoms with E-state index >= 15 is 0 Å². The summed E-state index contributed by atoms with van der Waals surface area (Å²) < 4.78 is 13.9. The molecule has 0 radical (unpaired) electrons. The molecule has 0 saturated heterocycles. The summed E-state index contributed by atoms with van der Waals surface area (Å²) in [5.74, 6) is -0.185. The molecule has 1 fully saturated rings. The molecule has 1 aromatic rings. The molecule has 3 heteroatoms. The van der Waals surface area contributed by atoms with Gasteiger partial charge in [-0.2, -0.15) is 0 Å². The van der Waals surface area contributed by atoms with E-state index in [1.54, 1.807) is 6.07 Å². The van der Waals surface area contributed by atoms with Crippen LogP contribution in [0.4, 0.5) is 4.39 Å². The van der Waals surface area contributed by atoms with Gasteiger partial charge in [-0.1, -0.05) is 23.8 Å². The molecule has 1 aliphatic rings. The van der Waals surface area contributed by atoms with Crippen LogP contribution < -0.4 is 5.32 Å². The number of nitrogens with one attached hydrogen (secondary N) is 1. The first-order chi connectivity index (χ1) is 8.66. The Labute approximate surface area is 117 Å². The molecule has 98 valence electrons. The lowest BCUT2D eigenvalue weighted by atomic mass is 10.1. The van der Waals surface area contributed by atoms with Crippen molar-refractivity contribution in [3.63, 3.8) is 0 Å². The van der Waals surface area contributed by atoms with Crippen LogP contribution in [0.25, 0.3) is 0 Å². The van der Waals surface area contributed by atoms with Crippen LogP contribution in [0.1, 0.15) is 31.7 Å². The summed E-state index contributed by atoms with van der Waals surface area (Å²) in [6, 6.07) is 5.98. The summed E-state index contributed by atoms with van der Waals surface area (Å²) in [7, 11) is 0. The minimum atomic E-state index is -0.185. The van der Waals surface area contributed by atoms with Crippen molar-refractivity contribution in [2.24, 2.45) is 0 Å². The Morgan fingerprint density at radius 3 is 3.00 bits per heavy atom. The first-order valence-electron chi connectivity index (χ1n) is 6.48. The van der Waals surface area contributed by atoms with Crippen LogP contribution in [0.3, 0.4) is 0 Å². The number of halogens is 2. The topological polar surface area (TPSA) is 12.0 Å². The van der Waals surface area contributed by atoms with E-state index in [0.717, 1.165) is 31.0 Å². The van der Waals surface area contributed by atoms with Crippen molar-refractivity contribution < 1.29 is 4.39 Å². The molecule has 18 heavy (non-hydrogen) atoms. The van der Waals surface area contributed by atoms with Crippen LogP contribution in [0, 0.1) is 5.82 Å². The predicted molar refractivity (Wildman–Crippen MR) is 77.2 cm³/mol. The number of allylic oxidation sites excluding steroid dienone is 1. The van der Waals surface area contributed by atoms with Gasteiger partial charge in [0, 0.05) is 6.04 Å². The first kappa shape index (κ1) is 13.8. The summed E-state index contributed by atoms with van der Waals surface area (Å²) in [5, 5.41) is 3.48. The molecule has 0 bridgehead atoms. The molecule has 1 nitrogen and oxygen atoms in total. The number of benzene rings is 1. The van der Waals surface area contributed by atoms with Gasteiger partial charge in [0.2, 0.25) is 0 Å². The summed E-state index contributed by atoms with van der Waals surface area (Å²) in [6.07, 6.45) is 6.77. The molecule has 0 atom stereocenters. The van der Waals surface area contributed by atoms with Crippen LogP contribution in [0.5, 0.6) is 0 Å². The third kappa shape index (κ3) is 4.21. The zero-order chi connectivity index (χ0) is 13.0. The average molecular weight is 312 g/mol. The van der Waals surface area contributed by atoms with Gasteiger partial charge in [-0.25, -0.2) is 4.39 Å². The van der Waals surface area contributed by atoms with Gasteiger partial charge < -0.3 is 5.32 Å². The van der Waals surface area contributed by atoms with Crippen LogP contribution in [-0.4, -0.2) is 12.6 Å². The van der Waals surface area contributed by atoms with E-state index < -0.39 is 0 Å². The van der Waals surface area contributed by atoms with Crippen molar-refractivity contribution in [3.05, 3.63) is 45.7 Å². The van der Waals surface area contributed by atoms with Crippen molar-refractivity contribution >= 4 is 15.9 Å². The van der Waals surface area contributed by atoms with E-state index in [9.17, 15) is 4.39 Å². The molecule has 1 N–H and O–H groups in total. The van der Waals surface area contributed by atoms with E-state index in [0.29, 0.717) is 4.47 Å². The first-order valence-corrected chi connectivity index (χ1v) is 7.28. The van der Waals surface area contributed by atoms with E-state index in [1.165, 1.54) is 24.5 Å². The van der Waals surface area contributed by atoms with Crippen molar-refractivity contribution in [3.8, 4) is 0 Å². The minimum Gasteiger partial charge on any atom is -0.314 e. The molecular formula is C15H19BrFN. The molecule has 1 aliphatic carbocycles. The zero-order valence-corrected chi connectivity index (χ0v) is 12.3. The standard InChI is InChI=1S/C15H19BrFN/c1-11(4-3-9-18-13-7-8-13)10-12-5-2-6-14(17)15(12)16/h2,4-6,13,18H,3,7-10H2,1H3/b11-4-. The van der Waals surface area contributed by atoms with Crippen molar-refractivity contribution in [2.45, 2.75) is 38.6 Å². The highest BCUT2D eigenvalue weighted by molar-refractivity contribution is 9.10. The number of hydrogen-bond acceptors (Lipinski definition) is 1. The molecular weight excluding hydrogens is 293 g/mol. The van der Waals surface area contributed by atoms with E-state index in [-0.39, 0.29) is 5.82 Å². The lowest BCUT2D eigenvalue weighted by Crippen LogP contribution is -2.16. The maximum absolute atomic E-state index is 13.4. The van der Waals surface area contributed by atoms with Gasteiger partial charge in [0.05, 0.1) is 4.47 Å². The second kappa shape index (κ2) is 6.48. The number of rotatable bonds is 6. The summed E-state index contributed by atoms with van der Waals surface area (Å²) in [6.45, 7) is 3.15. The van der Waals surface area contributed by atoms with Gasteiger partial charge in [0.1, 0.15) is 5.82 Å². The van der Waals surface area contributed by atoms with Gasteiger partial charge in [0.25, 0.3) is 0 Å². The van der Waals surface area contributed by atoms with Crippen molar-refractivity contribution in [1.29, 1.82) is 0 Å².